The highest BCUT2D eigenvalue weighted by molar-refractivity contribution is 5.94. The van der Waals surface area contributed by atoms with E-state index < -0.39 is 0 Å². The number of amides is 1. The summed E-state index contributed by atoms with van der Waals surface area (Å²) in [5.41, 5.74) is 6.35. The standard InChI is InChI=1S/C27H34N4O/c1-19-6-5-15-30(17-19)26-13-11-24(12-14-26)22(4)28-27(32)25-9-7-23(8-10-25)18-31-21(3)16-20(2)29-31/h7-14,16,19,22H,5-6,15,17-18H2,1-4H3,(H,28,32). The van der Waals surface area contributed by atoms with Crippen molar-refractivity contribution in [3.63, 3.8) is 0 Å². The van der Waals surface area contributed by atoms with Crippen LogP contribution in [0.2, 0.25) is 0 Å². The zero-order valence-electron chi connectivity index (χ0n) is 19.6. The second-order valence-corrected chi connectivity index (χ2v) is 9.26. The summed E-state index contributed by atoms with van der Waals surface area (Å²) in [4.78, 5) is 15.2. The summed E-state index contributed by atoms with van der Waals surface area (Å²) in [6.45, 7) is 11.4. The zero-order valence-corrected chi connectivity index (χ0v) is 19.6. The molecule has 0 bridgehead atoms. The van der Waals surface area contributed by atoms with Crippen molar-refractivity contribution in [2.45, 2.75) is 53.1 Å². The molecule has 32 heavy (non-hydrogen) atoms. The van der Waals surface area contributed by atoms with Gasteiger partial charge in [-0.05, 0) is 81.0 Å². The molecule has 0 spiro atoms. The van der Waals surface area contributed by atoms with E-state index in [1.165, 1.54) is 18.5 Å². The third-order valence-electron chi connectivity index (χ3n) is 6.41. The highest BCUT2D eigenvalue weighted by atomic mass is 16.1. The van der Waals surface area contributed by atoms with Crippen molar-refractivity contribution in [1.29, 1.82) is 0 Å². The first-order valence-electron chi connectivity index (χ1n) is 11.6. The summed E-state index contributed by atoms with van der Waals surface area (Å²) in [6.07, 6.45) is 2.58. The number of hydrogen-bond acceptors (Lipinski definition) is 3. The summed E-state index contributed by atoms with van der Waals surface area (Å²) in [7, 11) is 0. The Bertz CT molecular complexity index is 1050. The predicted molar refractivity (Wildman–Crippen MR) is 130 cm³/mol. The van der Waals surface area contributed by atoms with Crippen LogP contribution in [0.1, 0.15) is 65.6 Å². The SMILES string of the molecule is Cc1cc(C)n(Cc2ccc(C(=O)NC(C)c3ccc(N4CCCC(C)C4)cc3)cc2)n1. The van der Waals surface area contributed by atoms with Crippen molar-refractivity contribution in [2.24, 2.45) is 5.92 Å². The second-order valence-electron chi connectivity index (χ2n) is 9.26. The first-order chi connectivity index (χ1) is 15.4. The number of anilines is 1. The molecule has 0 saturated carbocycles. The van der Waals surface area contributed by atoms with Crippen molar-refractivity contribution in [2.75, 3.05) is 18.0 Å². The minimum absolute atomic E-state index is 0.0498. The smallest absolute Gasteiger partial charge is 0.251 e. The van der Waals surface area contributed by atoms with E-state index >= 15 is 0 Å². The molecule has 1 saturated heterocycles. The molecule has 5 heteroatoms. The van der Waals surface area contributed by atoms with Gasteiger partial charge in [-0.1, -0.05) is 31.2 Å². The number of nitrogens with one attached hydrogen (secondary N) is 1. The van der Waals surface area contributed by atoms with Gasteiger partial charge in [-0.15, -0.1) is 0 Å². The molecule has 1 aliphatic rings. The minimum atomic E-state index is -0.0518. The van der Waals surface area contributed by atoms with Gasteiger partial charge in [0.25, 0.3) is 5.91 Å². The molecule has 1 N–H and O–H groups in total. The van der Waals surface area contributed by atoms with Crippen LogP contribution in [-0.2, 0) is 6.54 Å². The molecule has 3 aromatic rings. The van der Waals surface area contributed by atoms with Gasteiger partial charge in [0.2, 0.25) is 0 Å². The van der Waals surface area contributed by atoms with E-state index in [1.807, 2.05) is 42.8 Å². The average molecular weight is 431 g/mol. The quantitative estimate of drug-likeness (QED) is 0.579. The summed E-state index contributed by atoms with van der Waals surface area (Å²) in [5.74, 6) is 0.699. The van der Waals surface area contributed by atoms with Crippen LogP contribution in [-0.4, -0.2) is 28.8 Å². The fourth-order valence-corrected chi connectivity index (χ4v) is 4.53. The van der Waals surface area contributed by atoms with Crippen molar-refractivity contribution in [3.05, 3.63) is 82.7 Å². The van der Waals surface area contributed by atoms with E-state index in [0.29, 0.717) is 12.1 Å². The van der Waals surface area contributed by atoms with E-state index in [-0.39, 0.29) is 11.9 Å². The third kappa shape index (κ3) is 5.21. The molecule has 1 aromatic heterocycles. The number of rotatable bonds is 6. The maximum Gasteiger partial charge on any atom is 0.251 e. The van der Waals surface area contributed by atoms with Gasteiger partial charge in [-0.3, -0.25) is 9.48 Å². The molecule has 0 aliphatic carbocycles. The molecular weight excluding hydrogens is 396 g/mol. The lowest BCUT2D eigenvalue weighted by Gasteiger charge is -2.33. The zero-order chi connectivity index (χ0) is 22.7. The third-order valence-corrected chi connectivity index (χ3v) is 6.41. The first kappa shape index (κ1) is 22.1. The fourth-order valence-electron chi connectivity index (χ4n) is 4.53. The Kier molecular flexibility index (Phi) is 6.63. The normalized spacial score (nSPS) is 17.2. The van der Waals surface area contributed by atoms with E-state index in [1.54, 1.807) is 0 Å². The Morgan fingerprint density at radius 2 is 1.84 bits per heavy atom. The molecule has 2 unspecified atom stereocenters. The lowest BCUT2D eigenvalue weighted by molar-refractivity contribution is 0.0940. The number of aryl methyl sites for hydroxylation is 2. The average Bonchev–Trinajstić information content (AvgIpc) is 3.10. The van der Waals surface area contributed by atoms with Gasteiger partial charge in [0.05, 0.1) is 18.3 Å². The van der Waals surface area contributed by atoms with Gasteiger partial charge in [-0.2, -0.15) is 5.10 Å². The summed E-state index contributed by atoms with van der Waals surface area (Å²) < 4.78 is 1.99. The molecule has 5 nitrogen and oxygen atoms in total. The molecule has 4 rings (SSSR count). The van der Waals surface area contributed by atoms with Crippen LogP contribution in [0.25, 0.3) is 0 Å². The number of carbonyl (C=O) groups is 1. The fraction of sp³-hybridized carbons (Fsp3) is 0.407. The molecule has 2 aromatic carbocycles. The molecule has 1 fully saturated rings. The Morgan fingerprint density at radius 1 is 1.12 bits per heavy atom. The molecule has 1 aliphatic heterocycles. The minimum Gasteiger partial charge on any atom is -0.371 e. The molecule has 2 atom stereocenters. The summed E-state index contributed by atoms with van der Waals surface area (Å²) >= 11 is 0. The van der Waals surface area contributed by atoms with Gasteiger partial charge in [-0.25, -0.2) is 0 Å². The van der Waals surface area contributed by atoms with Crippen LogP contribution in [0.3, 0.4) is 0 Å². The highest BCUT2D eigenvalue weighted by Crippen LogP contribution is 2.24. The predicted octanol–water partition coefficient (Wildman–Crippen LogP) is 5.28. The molecule has 0 radical (unpaired) electrons. The number of benzene rings is 2. The molecule has 1 amide bonds. The first-order valence-corrected chi connectivity index (χ1v) is 11.6. The van der Waals surface area contributed by atoms with Gasteiger partial charge >= 0.3 is 0 Å². The second kappa shape index (κ2) is 9.60. The molecular formula is C27H34N4O. The van der Waals surface area contributed by atoms with Crippen LogP contribution in [0, 0.1) is 19.8 Å². The highest BCUT2D eigenvalue weighted by Gasteiger charge is 2.17. The van der Waals surface area contributed by atoms with Crippen LogP contribution in [0.4, 0.5) is 5.69 Å². The maximum absolute atomic E-state index is 12.8. The van der Waals surface area contributed by atoms with Crippen LogP contribution in [0.5, 0.6) is 0 Å². The monoisotopic (exact) mass is 430 g/mol. The van der Waals surface area contributed by atoms with E-state index in [9.17, 15) is 4.79 Å². The van der Waals surface area contributed by atoms with Crippen LogP contribution >= 0.6 is 0 Å². The lowest BCUT2D eigenvalue weighted by Crippen LogP contribution is -2.34. The summed E-state index contributed by atoms with van der Waals surface area (Å²) in [5, 5.41) is 7.64. The van der Waals surface area contributed by atoms with E-state index in [0.717, 1.165) is 41.5 Å². The van der Waals surface area contributed by atoms with Crippen molar-refractivity contribution >= 4 is 11.6 Å². The van der Waals surface area contributed by atoms with Gasteiger partial charge in [0.15, 0.2) is 0 Å². The number of carbonyl (C=O) groups excluding carboxylic acids is 1. The Morgan fingerprint density at radius 3 is 2.47 bits per heavy atom. The topological polar surface area (TPSA) is 50.2 Å². The van der Waals surface area contributed by atoms with E-state index in [4.69, 9.17) is 0 Å². The van der Waals surface area contributed by atoms with E-state index in [2.05, 4.69) is 59.5 Å². The van der Waals surface area contributed by atoms with Gasteiger partial charge in [0.1, 0.15) is 0 Å². The summed E-state index contributed by atoms with van der Waals surface area (Å²) in [6, 6.07) is 18.5. The van der Waals surface area contributed by atoms with Crippen LogP contribution in [0.15, 0.2) is 54.6 Å². The van der Waals surface area contributed by atoms with Gasteiger partial charge < -0.3 is 10.2 Å². The Labute approximate surface area is 191 Å². The van der Waals surface area contributed by atoms with Crippen molar-refractivity contribution in [1.82, 2.24) is 15.1 Å². The number of hydrogen-bond donors (Lipinski definition) is 1. The number of nitrogens with zero attached hydrogens (tertiary/aromatic N) is 3. The van der Waals surface area contributed by atoms with Gasteiger partial charge in [0, 0.05) is 30.0 Å². The van der Waals surface area contributed by atoms with Crippen molar-refractivity contribution in [3.8, 4) is 0 Å². The Balaban J connectivity index is 1.35. The van der Waals surface area contributed by atoms with Crippen LogP contribution < -0.4 is 10.2 Å². The van der Waals surface area contributed by atoms with Crippen molar-refractivity contribution < 1.29 is 4.79 Å². The molecule has 168 valence electrons. The Hall–Kier alpha value is -3.08. The largest absolute Gasteiger partial charge is 0.371 e. The maximum atomic E-state index is 12.8. The molecule has 2 heterocycles. The number of aromatic nitrogens is 2. The lowest BCUT2D eigenvalue weighted by atomic mass is 9.99. The number of piperidine rings is 1.